The summed E-state index contributed by atoms with van der Waals surface area (Å²) in [5.41, 5.74) is 2.59. The highest BCUT2D eigenvalue weighted by molar-refractivity contribution is 7.15. The van der Waals surface area contributed by atoms with Crippen LogP contribution >= 0.6 is 11.3 Å². The van der Waals surface area contributed by atoms with Gasteiger partial charge in [0.1, 0.15) is 0 Å². The Balaban J connectivity index is 1.80. The number of nitrogens with one attached hydrogen (secondary N) is 1. The Labute approximate surface area is 111 Å². The molecule has 5 heteroatoms. The molecule has 1 fully saturated rings. The van der Waals surface area contributed by atoms with Crippen molar-refractivity contribution in [2.24, 2.45) is 0 Å². The third-order valence-corrected chi connectivity index (χ3v) is 4.29. The van der Waals surface area contributed by atoms with Crippen LogP contribution < -0.4 is 5.32 Å². The molecule has 0 saturated heterocycles. The summed E-state index contributed by atoms with van der Waals surface area (Å²) in [6, 6.07) is 0.339. The lowest BCUT2D eigenvalue weighted by molar-refractivity contribution is 0.268. The monoisotopic (exact) mass is 265 g/mol. The number of aliphatic hydroxyl groups is 1. The Morgan fingerprint density at radius 1 is 1.61 bits per heavy atom. The van der Waals surface area contributed by atoms with Gasteiger partial charge in [-0.25, -0.2) is 4.98 Å². The van der Waals surface area contributed by atoms with Crippen molar-refractivity contribution in [2.75, 3.05) is 6.61 Å². The number of fused-ring (bicyclic) bond motifs is 1. The van der Waals surface area contributed by atoms with Gasteiger partial charge < -0.3 is 10.4 Å². The zero-order valence-corrected chi connectivity index (χ0v) is 11.4. The van der Waals surface area contributed by atoms with Gasteiger partial charge in [-0.3, -0.25) is 4.40 Å². The summed E-state index contributed by atoms with van der Waals surface area (Å²) >= 11 is 1.70. The molecular formula is C13H19N3OS. The smallest absolute Gasteiger partial charge is 0.194 e. The number of hydrogen-bond acceptors (Lipinski definition) is 4. The second-order valence-electron chi connectivity index (χ2n) is 5.07. The normalized spacial score (nSPS) is 17.4. The maximum absolute atomic E-state index is 8.93. The van der Waals surface area contributed by atoms with Crippen molar-refractivity contribution >= 4 is 16.3 Å². The van der Waals surface area contributed by atoms with E-state index in [-0.39, 0.29) is 6.61 Å². The quantitative estimate of drug-likeness (QED) is 0.841. The zero-order chi connectivity index (χ0) is 12.5. The summed E-state index contributed by atoms with van der Waals surface area (Å²) in [4.78, 5) is 5.85. The van der Waals surface area contributed by atoms with Gasteiger partial charge in [-0.15, -0.1) is 11.3 Å². The van der Waals surface area contributed by atoms with Crippen LogP contribution in [0.25, 0.3) is 4.96 Å². The molecule has 2 heterocycles. The van der Waals surface area contributed by atoms with Crippen LogP contribution in [0, 0.1) is 0 Å². The van der Waals surface area contributed by atoms with Gasteiger partial charge in [0, 0.05) is 36.7 Å². The summed E-state index contributed by atoms with van der Waals surface area (Å²) in [5.74, 6) is 0.682. The predicted molar refractivity (Wildman–Crippen MR) is 73.0 cm³/mol. The molecule has 0 aromatic carbocycles. The van der Waals surface area contributed by atoms with E-state index in [4.69, 9.17) is 10.1 Å². The van der Waals surface area contributed by atoms with Crippen molar-refractivity contribution in [3.8, 4) is 0 Å². The molecule has 0 bridgehead atoms. The highest BCUT2D eigenvalue weighted by Gasteiger charge is 2.30. The van der Waals surface area contributed by atoms with Crippen molar-refractivity contribution in [2.45, 2.75) is 44.7 Å². The molecule has 2 N–H and O–H groups in total. The van der Waals surface area contributed by atoms with Crippen LogP contribution in [-0.2, 0) is 6.54 Å². The van der Waals surface area contributed by atoms with Gasteiger partial charge in [0.05, 0.1) is 11.4 Å². The maximum Gasteiger partial charge on any atom is 0.194 e. The minimum absolute atomic E-state index is 0.240. The number of thiazole rings is 1. The first kappa shape index (κ1) is 12.1. The Kier molecular flexibility index (Phi) is 3.37. The summed E-state index contributed by atoms with van der Waals surface area (Å²) in [7, 11) is 0. The lowest BCUT2D eigenvalue weighted by Gasteiger charge is -2.12. The van der Waals surface area contributed by atoms with E-state index in [1.807, 2.05) is 0 Å². The summed E-state index contributed by atoms with van der Waals surface area (Å²) in [5, 5.41) is 14.5. The molecule has 1 atom stereocenters. The van der Waals surface area contributed by atoms with E-state index in [9.17, 15) is 0 Å². The maximum atomic E-state index is 8.93. The first-order chi connectivity index (χ1) is 8.79. The summed E-state index contributed by atoms with van der Waals surface area (Å²) in [6.45, 7) is 3.19. The van der Waals surface area contributed by atoms with E-state index in [0.717, 1.165) is 17.9 Å². The molecule has 1 aliphatic carbocycles. The van der Waals surface area contributed by atoms with E-state index in [0.29, 0.717) is 12.0 Å². The van der Waals surface area contributed by atoms with Crippen molar-refractivity contribution in [3.63, 3.8) is 0 Å². The Bertz CT molecular complexity index is 529. The Morgan fingerprint density at radius 2 is 2.44 bits per heavy atom. The van der Waals surface area contributed by atoms with E-state index in [1.54, 1.807) is 11.3 Å². The molecule has 1 saturated carbocycles. The fourth-order valence-corrected chi connectivity index (χ4v) is 3.02. The van der Waals surface area contributed by atoms with E-state index < -0.39 is 0 Å². The van der Waals surface area contributed by atoms with Crippen molar-refractivity contribution < 1.29 is 5.11 Å². The van der Waals surface area contributed by atoms with E-state index in [1.165, 1.54) is 24.2 Å². The molecule has 0 radical (unpaired) electrons. The standard InChI is InChI=1S/C13H19N3OS/c1-9(4-6-17)14-8-11-12(10-2-3-10)15-13-16(11)5-7-18-13/h5,7,9-10,14,17H,2-4,6,8H2,1H3/t9-/m1/s1. The van der Waals surface area contributed by atoms with Gasteiger partial charge in [-0.05, 0) is 26.2 Å². The van der Waals surface area contributed by atoms with Gasteiger partial charge in [-0.1, -0.05) is 0 Å². The summed E-state index contributed by atoms with van der Waals surface area (Å²) < 4.78 is 2.21. The molecular weight excluding hydrogens is 246 g/mol. The number of hydrogen-bond donors (Lipinski definition) is 2. The fraction of sp³-hybridized carbons (Fsp3) is 0.615. The molecule has 1 aliphatic rings. The Hall–Kier alpha value is -0.910. The van der Waals surface area contributed by atoms with Gasteiger partial charge in [0.15, 0.2) is 4.96 Å². The largest absolute Gasteiger partial charge is 0.396 e. The third-order valence-electron chi connectivity index (χ3n) is 3.54. The van der Waals surface area contributed by atoms with Crippen LogP contribution in [0.1, 0.15) is 43.5 Å². The van der Waals surface area contributed by atoms with Crippen LogP contribution in [0.3, 0.4) is 0 Å². The van der Waals surface area contributed by atoms with Gasteiger partial charge >= 0.3 is 0 Å². The average molecular weight is 265 g/mol. The SMILES string of the molecule is C[C@H](CCO)NCc1c(C2CC2)nc2sccn12. The predicted octanol–water partition coefficient (Wildman–Crippen LogP) is 2.13. The van der Waals surface area contributed by atoms with Crippen LogP contribution in [0.2, 0.25) is 0 Å². The van der Waals surface area contributed by atoms with Crippen LogP contribution in [0.4, 0.5) is 0 Å². The molecule has 0 unspecified atom stereocenters. The molecule has 18 heavy (non-hydrogen) atoms. The average Bonchev–Trinajstić information content (AvgIpc) is 2.98. The number of imidazole rings is 1. The van der Waals surface area contributed by atoms with Crippen molar-refractivity contribution in [3.05, 3.63) is 23.0 Å². The fourth-order valence-electron chi connectivity index (χ4n) is 2.28. The first-order valence-corrected chi connectivity index (χ1v) is 7.46. The van der Waals surface area contributed by atoms with E-state index in [2.05, 4.69) is 28.2 Å². The lowest BCUT2D eigenvalue weighted by Crippen LogP contribution is -2.27. The minimum Gasteiger partial charge on any atom is -0.396 e. The van der Waals surface area contributed by atoms with E-state index >= 15 is 0 Å². The topological polar surface area (TPSA) is 49.6 Å². The first-order valence-electron chi connectivity index (χ1n) is 6.58. The second kappa shape index (κ2) is 4.99. The van der Waals surface area contributed by atoms with Crippen molar-refractivity contribution in [1.29, 1.82) is 0 Å². The number of aliphatic hydroxyl groups excluding tert-OH is 1. The molecule has 0 spiro atoms. The summed E-state index contributed by atoms with van der Waals surface area (Å²) in [6.07, 6.45) is 5.46. The zero-order valence-electron chi connectivity index (χ0n) is 10.6. The third kappa shape index (κ3) is 2.30. The number of rotatable bonds is 6. The Morgan fingerprint density at radius 3 is 3.17 bits per heavy atom. The molecule has 4 nitrogen and oxygen atoms in total. The highest BCUT2D eigenvalue weighted by Crippen LogP contribution is 2.41. The number of aromatic nitrogens is 2. The van der Waals surface area contributed by atoms with Crippen LogP contribution in [0.15, 0.2) is 11.6 Å². The molecule has 3 rings (SSSR count). The second-order valence-corrected chi connectivity index (χ2v) is 5.94. The van der Waals surface area contributed by atoms with Gasteiger partial charge in [0.25, 0.3) is 0 Å². The van der Waals surface area contributed by atoms with Gasteiger partial charge in [-0.2, -0.15) is 0 Å². The number of nitrogens with zero attached hydrogens (tertiary/aromatic N) is 2. The van der Waals surface area contributed by atoms with Crippen LogP contribution in [-0.4, -0.2) is 27.1 Å². The molecule has 0 aliphatic heterocycles. The molecule has 2 aromatic rings. The molecule has 0 amide bonds. The van der Waals surface area contributed by atoms with Gasteiger partial charge in [0.2, 0.25) is 0 Å². The minimum atomic E-state index is 0.240. The molecule has 2 aromatic heterocycles. The molecule has 98 valence electrons. The highest BCUT2D eigenvalue weighted by atomic mass is 32.1. The van der Waals surface area contributed by atoms with Crippen LogP contribution in [0.5, 0.6) is 0 Å². The lowest BCUT2D eigenvalue weighted by atomic mass is 10.2. The van der Waals surface area contributed by atoms with Crippen molar-refractivity contribution in [1.82, 2.24) is 14.7 Å².